The first-order valence-electron chi connectivity index (χ1n) is 17.8. The maximum atomic E-state index is 14.4. The fraction of sp³-hybridized carbons (Fsp3) is 0.750. The molecule has 10 heteroatoms. The van der Waals surface area contributed by atoms with Gasteiger partial charge in [0.1, 0.15) is 5.75 Å². The van der Waals surface area contributed by atoms with Gasteiger partial charge in [-0.3, -0.25) is 9.59 Å². The summed E-state index contributed by atoms with van der Waals surface area (Å²) < 4.78 is 12.7. The molecule has 1 aliphatic heterocycles. The zero-order chi connectivity index (χ0) is 33.1. The summed E-state index contributed by atoms with van der Waals surface area (Å²) in [6.07, 6.45) is 12.7. The molecule has 10 nitrogen and oxygen atoms in total. The Morgan fingerprint density at radius 3 is 2.37 bits per heavy atom. The van der Waals surface area contributed by atoms with E-state index in [1.807, 2.05) is 26.8 Å². The molecule has 1 aromatic rings. The largest absolute Gasteiger partial charge is 0.490 e. The fourth-order valence-electron chi connectivity index (χ4n) is 6.96. The summed E-state index contributed by atoms with van der Waals surface area (Å²) in [5, 5.41) is 16.5. The molecule has 3 aliphatic rings. The van der Waals surface area contributed by atoms with Crippen LogP contribution in [0.4, 0.5) is 10.5 Å². The molecular formula is C36H58N4O6. The van der Waals surface area contributed by atoms with Gasteiger partial charge in [0.2, 0.25) is 5.91 Å². The molecule has 0 spiro atoms. The van der Waals surface area contributed by atoms with Crippen LogP contribution < -0.4 is 15.4 Å². The zero-order valence-electron chi connectivity index (χ0n) is 28.6. The smallest absolute Gasteiger partial charge is 0.317 e. The van der Waals surface area contributed by atoms with Gasteiger partial charge in [-0.1, -0.05) is 45.4 Å². The molecule has 4 amide bonds. The van der Waals surface area contributed by atoms with Gasteiger partial charge in [-0.2, -0.15) is 0 Å². The number of carbonyl (C=O) groups is 3. The highest BCUT2D eigenvalue weighted by atomic mass is 16.5. The van der Waals surface area contributed by atoms with Gasteiger partial charge in [0.05, 0.1) is 30.4 Å². The van der Waals surface area contributed by atoms with Crippen LogP contribution in [0.3, 0.4) is 0 Å². The van der Waals surface area contributed by atoms with E-state index >= 15 is 0 Å². The number of ether oxygens (including phenoxy) is 2. The Balaban J connectivity index is 1.56. The lowest BCUT2D eigenvalue weighted by Gasteiger charge is -2.36. The first-order chi connectivity index (χ1) is 22.2. The van der Waals surface area contributed by atoms with Gasteiger partial charge in [-0.25, -0.2) is 4.79 Å². The number of nitrogens with one attached hydrogen (secondary N) is 2. The second kappa shape index (κ2) is 17.9. The maximum absolute atomic E-state index is 14.4. The summed E-state index contributed by atoms with van der Waals surface area (Å²) in [5.41, 5.74) is 0.927. The number of nitrogens with zero attached hydrogens (tertiary/aromatic N) is 2. The van der Waals surface area contributed by atoms with Crippen LogP contribution in [0.5, 0.6) is 5.75 Å². The number of likely N-dealkylation sites (N-methyl/N-ethyl adjacent to an activating group) is 1. The molecule has 1 heterocycles. The Labute approximate surface area is 275 Å². The number of rotatable bonds is 7. The number of benzene rings is 1. The number of hydrogen-bond acceptors (Lipinski definition) is 6. The van der Waals surface area contributed by atoms with Crippen LogP contribution >= 0.6 is 0 Å². The predicted octanol–water partition coefficient (Wildman–Crippen LogP) is 5.98. The van der Waals surface area contributed by atoms with Crippen LogP contribution in [0, 0.1) is 11.8 Å². The van der Waals surface area contributed by atoms with Crippen LogP contribution in [-0.2, 0) is 9.53 Å². The second-order valence-corrected chi connectivity index (χ2v) is 14.0. The first-order valence-corrected chi connectivity index (χ1v) is 17.8. The summed E-state index contributed by atoms with van der Waals surface area (Å²) in [7, 11) is 1.80. The molecule has 0 unspecified atom stereocenters. The normalized spacial score (nSPS) is 25.0. The Kier molecular flexibility index (Phi) is 14.0. The molecule has 0 bridgehead atoms. The molecule has 0 saturated heterocycles. The molecule has 2 aliphatic carbocycles. The molecule has 258 valence electrons. The summed E-state index contributed by atoms with van der Waals surface area (Å²) in [4.78, 5) is 43.9. The molecule has 3 N–H and O–H groups in total. The van der Waals surface area contributed by atoms with Crippen molar-refractivity contribution in [2.75, 3.05) is 38.7 Å². The Bertz CT molecular complexity index is 1140. The van der Waals surface area contributed by atoms with Crippen LogP contribution in [0.25, 0.3) is 0 Å². The van der Waals surface area contributed by atoms with Gasteiger partial charge in [0, 0.05) is 50.3 Å². The van der Waals surface area contributed by atoms with Crippen molar-refractivity contribution in [1.82, 2.24) is 15.1 Å². The summed E-state index contributed by atoms with van der Waals surface area (Å²) in [6, 6.07) is 4.96. The molecule has 0 aromatic heterocycles. The molecular weight excluding hydrogens is 584 g/mol. The number of aliphatic hydroxyl groups is 1. The number of anilines is 1. The van der Waals surface area contributed by atoms with E-state index in [0.29, 0.717) is 36.7 Å². The number of amides is 4. The van der Waals surface area contributed by atoms with E-state index < -0.39 is 6.04 Å². The zero-order valence-corrected chi connectivity index (χ0v) is 28.6. The minimum absolute atomic E-state index is 0.00637. The molecule has 1 aromatic carbocycles. The Morgan fingerprint density at radius 1 is 1.00 bits per heavy atom. The Morgan fingerprint density at radius 2 is 1.67 bits per heavy atom. The highest BCUT2D eigenvalue weighted by Gasteiger charge is 2.31. The predicted molar refractivity (Wildman–Crippen MR) is 180 cm³/mol. The van der Waals surface area contributed by atoms with Crippen molar-refractivity contribution in [3.05, 3.63) is 23.8 Å². The number of aliphatic hydroxyl groups excluding tert-OH is 1. The fourth-order valence-corrected chi connectivity index (χ4v) is 6.96. The lowest BCUT2D eigenvalue weighted by atomic mass is 9.88. The van der Waals surface area contributed by atoms with E-state index in [1.54, 1.807) is 29.0 Å². The van der Waals surface area contributed by atoms with Crippen molar-refractivity contribution in [1.29, 1.82) is 0 Å². The molecule has 4 rings (SSSR count). The van der Waals surface area contributed by atoms with Gasteiger partial charge in [-0.15, -0.1) is 0 Å². The first kappa shape index (κ1) is 36.0. The van der Waals surface area contributed by atoms with Gasteiger partial charge >= 0.3 is 6.03 Å². The van der Waals surface area contributed by atoms with Crippen molar-refractivity contribution in [3.63, 3.8) is 0 Å². The SMILES string of the molecule is C[C@@H]1CCCCO[C@@H](CN(C)C(=O)NC2CCCCC2)[C@H](C)CN([C@H](C)CO)C(=O)c2cc(NC(=O)C3CCCCC3)ccc2O1. The third kappa shape index (κ3) is 10.3. The van der Waals surface area contributed by atoms with E-state index in [1.165, 1.54) is 12.8 Å². The average molecular weight is 643 g/mol. The highest BCUT2D eigenvalue weighted by molar-refractivity contribution is 6.00. The van der Waals surface area contributed by atoms with Crippen LogP contribution in [0.2, 0.25) is 0 Å². The van der Waals surface area contributed by atoms with Gasteiger partial charge in [0.25, 0.3) is 5.91 Å². The van der Waals surface area contributed by atoms with E-state index in [2.05, 4.69) is 10.6 Å². The van der Waals surface area contributed by atoms with Crippen LogP contribution in [0.1, 0.15) is 115 Å². The number of urea groups is 1. The molecule has 46 heavy (non-hydrogen) atoms. The molecule has 2 saturated carbocycles. The van der Waals surface area contributed by atoms with Gasteiger partial charge in [-0.05, 0) is 77.0 Å². The second-order valence-electron chi connectivity index (χ2n) is 14.0. The highest BCUT2D eigenvalue weighted by Crippen LogP contribution is 2.30. The quantitative estimate of drug-likeness (QED) is 0.337. The van der Waals surface area contributed by atoms with E-state index in [9.17, 15) is 19.5 Å². The van der Waals surface area contributed by atoms with Crippen molar-refractivity contribution < 1.29 is 29.0 Å². The summed E-state index contributed by atoms with van der Waals surface area (Å²) in [6.45, 7) is 6.90. The lowest BCUT2D eigenvalue weighted by molar-refractivity contribution is -0.120. The summed E-state index contributed by atoms with van der Waals surface area (Å²) in [5.74, 6) is 0.0425. The minimum atomic E-state index is -0.471. The van der Waals surface area contributed by atoms with E-state index in [4.69, 9.17) is 9.47 Å². The standard InChI is InChI=1S/C36H58N4O6/c1-25-22-40(26(2)24-41)35(43)31-21-30(37-34(42)28-14-7-5-8-15-28)18-19-32(31)46-27(3)13-11-12-20-45-33(25)23-39(4)36(44)38-29-16-9-6-10-17-29/h18-19,21,25-29,33,41H,5-17,20,22-24H2,1-4H3,(H,37,42)(H,38,44)/t25-,26-,27-,33+/m1/s1. The topological polar surface area (TPSA) is 120 Å². The Hall–Kier alpha value is -2.85. The summed E-state index contributed by atoms with van der Waals surface area (Å²) >= 11 is 0. The number of carbonyl (C=O) groups excluding carboxylic acids is 3. The van der Waals surface area contributed by atoms with Crippen molar-refractivity contribution >= 4 is 23.5 Å². The molecule has 2 fully saturated rings. The van der Waals surface area contributed by atoms with Crippen molar-refractivity contribution in [2.24, 2.45) is 11.8 Å². The maximum Gasteiger partial charge on any atom is 0.317 e. The number of fused-ring (bicyclic) bond motifs is 1. The lowest BCUT2D eigenvalue weighted by Crippen LogP contribution is -2.50. The third-order valence-corrected chi connectivity index (χ3v) is 10.0. The van der Waals surface area contributed by atoms with Crippen LogP contribution in [-0.4, -0.2) is 90.4 Å². The van der Waals surface area contributed by atoms with E-state index in [0.717, 1.165) is 70.6 Å². The van der Waals surface area contributed by atoms with Gasteiger partial charge in [0.15, 0.2) is 0 Å². The van der Waals surface area contributed by atoms with E-state index in [-0.39, 0.29) is 54.5 Å². The minimum Gasteiger partial charge on any atom is -0.490 e. The third-order valence-electron chi connectivity index (χ3n) is 10.0. The van der Waals surface area contributed by atoms with Crippen molar-refractivity contribution in [2.45, 2.75) is 129 Å². The van der Waals surface area contributed by atoms with Gasteiger partial charge < -0.3 is 35.0 Å². The van der Waals surface area contributed by atoms with Crippen molar-refractivity contribution in [3.8, 4) is 5.75 Å². The monoisotopic (exact) mass is 642 g/mol. The van der Waals surface area contributed by atoms with Crippen LogP contribution in [0.15, 0.2) is 18.2 Å². The average Bonchev–Trinajstić information content (AvgIpc) is 3.06. The molecule has 0 radical (unpaired) electrons. The number of hydrogen-bond donors (Lipinski definition) is 3. The molecule has 4 atom stereocenters.